The van der Waals surface area contributed by atoms with Gasteiger partial charge >= 0.3 is 0 Å². The third kappa shape index (κ3) is 5.91. The number of rotatable bonds is 8. The summed E-state index contributed by atoms with van der Waals surface area (Å²) in [6, 6.07) is 6.37. The molecule has 0 unspecified atom stereocenters. The van der Waals surface area contributed by atoms with Crippen molar-refractivity contribution in [1.82, 2.24) is 19.8 Å². The first-order valence-electron chi connectivity index (χ1n) is 8.79. The maximum absolute atomic E-state index is 12.7. The van der Waals surface area contributed by atoms with Gasteiger partial charge in [-0.25, -0.2) is 8.42 Å². The molecule has 0 radical (unpaired) electrons. The molecule has 2 N–H and O–H groups in total. The van der Waals surface area contributed by atoms with Gasteiger partial charge in [0.2, 0.25) is 21.8 Å². The Kier molecular flexibility index (Phi) is 7.57. The number of amides is 2. The van der Waals surface area contributed by atoms with Crippen molar-refractivity contribution in [2.24, 2.45) is 0 Å². The van der Waals surface area contributed by atoms with E-state index in [0.717, 1.165) is 0 Å². The standard InChI is InChI=1S/C17H26N4O5S/c1-3-26-14-4-6-15(7-5-14)27(24,25)21-10-8-20(9-11-21)13-17(23)19-12-16(22)18-2/h4-7H,3,8-13H2,1-2H3,(H,18,22)(H,19,23). The minimum absolute atomic E-state index is 0.0680. The second kappa shape index (κ2) is 9.67. The molecular weight excluding hydrogens is 372 g/mol. The number of ether oxygens (including phenoxy) is 1. The highest BCUT2D eigenvalue weighted by molar-refractivity contribution is 7.89. The lowest BCUT2D eigenvalue weighted by atomic mass is 10.3. The van der Waals surface area contributed by atoms with E-state index in [9.17, 15) is 18.0 Å². The molecule has 10 heteroatoms. The lowest BCUT2D eigenvalue weighted by Crippen LogP contribution is -2.51. The Hall–Kier alpha value is -2.17. The first kappa shape index (κ1) is 21.1. The summed E-state index contributed by atoms with van der Waals surface area (Å²) < 4.78 is 32.2. The Labute approximate surface area is 159 Å². The van der Waals surface area contributed by atoms with E-state index in [4.69, 9.17) is 4.74 Å². The van der Waals surface area contributed by atoms with Crippen LogP contribution in [0.1, 0.15) is 6.92 Å². The number of carbonyl (C=O) groups excluding carboxylic acids is 2. The monoisotopic (exact) mass is 398 g/mol. The Morgan fingerprint density at radius 2 is 1.70 bits per heavy atom. The normalized spacial score (nSPS) is 15.9. The van der Waals surface area contributed by atoms with Crippen molar-refractivity contribution in [1.29, 1.82) is 0 Å². The minimum atomic E-state index is -3.57. The molecule has 27 heavy (non-hydrogen) atoms. The topological polar surface area (TPSA) is 108 Å². The lowest BCUT2D eigenvalue weighted by Gasteiger charge is -2.33. The summed E-state index contributed by atoms with van der Waals surface area (Å²) in [4.78, 5) is 25.1. The van der Waals surface area contributed by atoms with Gasteiger partial charge in [0.05, 0.1) is 24.6 Å². The highest BCUT2D eigenvalue weighted by atomic mass is 32.2. The molecule has 1 aromatic rings. The number of benzene rings is 1. The summed E-state index contributed by atoms with van der Waals surface area (Å²) in [7, 11) is -2.07. The van der Waals surface area contributed by atoms with Gasteiger partial charge in [0, 0.05) is 33.2 Å². The number of hydrogen-bond acceptors (Lipinski definition) is 6. The second-order valence-corrected chi connectivity index (χ2v) is 7.97. The number of nitrogens with one attached hydrogen (secondary N) is 2. The van der Waals surface area contributed by atoms with E-state index in [1.54, 1.807) is 24.3 Å². The van der Waals surface area contributed by atoms with Crippen LogP contribution in [0, 0.1) is 0 Å². The van der Waals surface area contributed by atoms with Crippen LogP contribution in [0.15, 0.2) is 29.2 Å². The van der Waals surface area contributed by atoms with E-state index < -0.39 is 10.0 Å². The summed E-state index contributed by atoms with van der Waals surface area (Å²) in [5, 5.41) is 4.95. The van der Waals surface area contributed by atoms with Crippen LogP contribution < -0.4 is 15.4 Å². The molecule has 1 aliphatic heterocycles. The number of piperazine rings is 1. The molecule has 0 aromatic heterocycles. The van der Waals surface area contributed by atoms with E-state index in [-0.39, 0.29) is 29.8 Å². The third-order valence-electron chi connectivity index (χ3n) is 4.20. The first-order chi connectivity index (χ1) is 12.9. The van der Waals surface area contributed by atoms with Crippen molar-refractivity contribution in [3.8, 4) is 5.75 Å². The fourth-order valence-electron chi connectivity index (χ4n) is 2.68. The van der Waals surface area contributed by atoms with Crippen LogP contribution in [0.4, 0.5) is 0 Å². The molecule has 150 valence electrons. The Bertz CT molecular complexity index is 743. The largest absolute Gasteiger partial charge is 0.494 e. The fourth-order valence-corrected chi connectivity index (χ4v) is 4.10. The van der Waals surface area contributed by atoms with Gasteiger partial charge in [-0.3, -0.25) is 14.5 Å². The predicted molar refractivity (Wildman–Crippen MR) is 99.9 cm³/mol. The van der Waals surface area contributed by atoms with Gasteiger partial charge in [-0.15, -0.1) is 0 Å². The molecule has 1 aromatic carbocycles. The SMILES string of the molecule is CCOc1ccc(S(=O)(=O)N2CCN(CC(=O)NCC(=O)NC)CC2)cc1. The number of sulfonamides is 1. The van der Waals surface area contributed by atoms with Crippen molar-refractivity contribution in [3.05, 3.63) is 24.3 Å². The highest BCUT2D eigenvalue weighted by Crippen LogP contribution is 2.20. The van der Waals surface area contributed by atoms with E-state index in [2.05, 4.69) is 10.6 Å². The summed E-state index contributed by atoms with van der Waals surface area (Å²) in [5.41, 5.74) is 0. The van der Waals surface area contributed by atoms with Crippen LogP contribution in [0.5, 0.6) is 5.75 Å². The van der Waals surface area contributed by atoms with Crippen LogP contribution in [0.25, 0.3) is 0 Å². The molecule has 9 nitrogen and oxygen atoms in total. The van der Waals surface area contributed by atoms with Crippen LogP contribution in [-0.2, 0) is 19.6 Å². The lowest BCUT2D eigenvalue weighted by molar-refractivity contribution is -0.126. The van der Waals surface area contributed by atoms with Crippen LogP contribution >= 0.6 is 0 Å². The van der Waals surface area contributed by atoms with Gasteiger partial charge in [-0.2, -0.15) is 4.31 Å². The molecule has 1 saturated heterocycles. The van der Waals surface area contributed by atoms with Gasteiger partial charge in [-0.05, 0) is 31.2 Å². The van der Waals surface area contributed by atoms with Gasteiger partial charge in [0.25, 0.3) is 0 Å². The van der Waals surface area contributed by atoms with Crippen LogP contribution in [0.3, 0.4) is 0 Å². The molecule has 0 spiro atoms. The van der Waals surface area contributed by atoms with Gasteiger partial charge in [0.1, 0.15) is 5.75 Å². The van der Waals surface area contributed by atoms with Gasteiger partial charge in [0.15, 0.2) is 0 Å². The quantitative estimate of drug-likeness (QED) is 0.597. The van der Waals surface area contributed by atoms with Crippen molar-refractivity contribution < 1.29 is 22.7 Å². The van der Waals surface area contributed by atoms with E-state index in [0.29, 0.717) is 38.5 Å². The second-order valence-electron chi connectivity index (χ2n) is 6.03. The first-order valence-corrected chi connectivity index (χ1v) is 10.2. The summed E-state index contributed by atoms with van der Waals surface area (Å²) in [6.07, 6.45) is 0. The summed E-state index contributed by atoms with van der Waals surface area (Å²) in [6.45, 7) is 3.95. The molecular formula is C17H26N4O5S. The average molecular weight is 398 g/mol. The third-order valence-corrected chi connectivity index (χ3v) is 6.11. The van der Waals surface area contributed by atoms with Gasteiger partial charge < -0.3 is 15.4 Å². The zero-order chi connectivity index (χ0) is 19.9. The Balaban J connectivity index is 1.86. The number of nitrogens with zero attached hydrogens (tertiary/aromatic N) is 2. The molecule has 0 atom stereocenters. The fraction of sp³-hybridized carbons (Fsp3) is 0.529. The van der Waals surface area contributed by atoms with E-state index in [1.807, 2.05) is 11.8 Å². The van der Waals surface area contributed by atoms with Crippen molar-refractivity contribution >= 4 is 21.8 Å². The molecule has 1 heterocycles. The molecule has 0 bridgehead atoms. The summed E-state index contributed by atoms with van der Waals surface area (Å²) in [5.74, 6) is 0.0973. The van der Waals surface area contributed by atoms with Crippen LogP contribution in [-0.4, -0.2) is 82.4 Å². The highest BCUT2D eigenvalue weighted by Gasteiger charge is 2.29. The van der Waals surface area contributed by atoms with Crippen molar-refractivity contribution in [2.45, 2.75) is 11.8 Å². The molecule has 1 fully saturated rings. The smallest absolute Gasteiger partial charge is 0.243 e. The maximum Gasteiger partial charge on any atom is 0.243 e. The van der Waals surface area contributed by atoms with Crippen molar-refractivity contribution in [2.75, 3.05) is 52.9 Å². The maximum atomic E-state index is 12.7. The predicted octanol–water partition coefficient (Wildman–Crippen LogP) is -0.746. The van der Waals surface area contributed by atoms with Crippen LogP contribution in [0.2, 0.25) is 0 Å². The van der Waals surface area contributed by atoms with E-state index in [1.165, 1.54) is 11.4 Å². The number of likely N-dealkylation sites (N-methyl/N-ethyl adjacent to an activating group) is 1. The number of hydrogen-bond donors (Lipinski definition) is 2. The Morgan fingerprint density at radius 1 is 1.07 bits per heavy atom. The van der Waals surface area contributed by atoms with E-state index >= 15 is 0 Å². The minimum Gasteiger partial charge on any atom is -0.494 e. The number of carbonyl (C=O) groups is 2. The molecule has 2 rings (SSSR count). The zero-order valence-electron chi connectivity index (χ0n) is 15.6. The molecule has 1 aliphatic rings. The zero-order valence-corrected chi connectivity index (χ0v) is 16.4. The van der Waals surface area contributed by atoms with Crippen molar-refractivity contribution in [3.63, 3.8) is 0 Å². The summed E-state index contributed by atoms with van der Waals surface area (Å²) >= 11 is 0. The molecule has 2 amide bonds. The Morgan fingerprint density at radius 3 is 2.26 bits per heavy atom. The van der Waals surface area contributed by atoms with Gasteiger partial charge in [-0.1, -0.05) is 0 Å². The molecule has 0 saturated carbocycles. The molecule has 0 aliphatic carbocycles. The average Bonchev–Trinajstić information content (AvgIpc) is 2.67.